The Morgan fingerprint density at radius 1 is 1.32 bits per heavy atom. The van der Waals surface area contributed by atoms with Crippen LogP contribution in [0.2, 0.25) is 0 Å². The van der Waals surface area contributed by atoms with Crippen LogP contribution in [0.3, 0.4) is 0 Å². The highest BCUT2D eigenvalue weighted by Crippen LogP contribution is 2.57. The highest BCUT2D eigenvalue weighted by molar-refractivity contribution is 8.44. The van der Waals surface area contributed by atoms with Gasteiger partial charge in [0.25, 0.3) is 5.91 Å². The zero-order valence-electron chi connectivity index (χ0n) is 19.9. The Morgan fingerprint density at radius 2 is 2.15 bits per heavy atom. The van der Waals surface area contributed by atoms with E-state index in [1.807, 2.05) is 0 Å². The quantitative estimate of drug-likeness (QED) is 0.249. The largest absolute Gasteiger partial charge is 0.387 e. The zero-order valence-corrected chi connectivity index (χ0v) is 23.4. The molecule has 7 atom stereocenters. The number of thiol groups is 1. The van der Waals surface area contributed by atoms with Gasteiger partial charge in [-0.3, -0.25) is 24.6 Å². The van der Waals surface area contributed by atoms with Gasteiger partial charge in [-0.2, -0.15) is 10.0 Å². The SMILES string of the molecule is N=C1N=C2C(N=NN2[C@H]2O[C@@H]3COP(O)(=S)OCCn4c(nc5cncnc54)COP(=O)(S)O[C@@H]2[C@@H]3F)C(=O)N1. The highest BCUT2D eigenvalue weighted by Gasteiger charge is 2.55. The van der Waals surface area contributed by atoms with Crippen molar-refractivity contribution in [2.75, 3.05) is 13.2 Å². The van der Waals surface area contributed by atoms with Crippen molar-refractivity contribution in [2.45, 2.75) is 43.8 Å². The molecule has 2 bridgehead atoms. The number of imidazole rings is 1. The number of hydrogen-bond acceptors (Lipinski definition) is 15. The number of carbonyl (C=O) groups excluding carboxylic acids is 1. The summed E-state index contributed by atoms with van der Waals surface area (Å²) in [6, 6.07) is -1.23. The van der Waals surface area contributed by atoms with Crippen molar-refractivity contribution in [3.8, 4) is 0 Å². The van der Waals surface area contributed by atoms with Crippen LogP contribution in [0.5, 0.6) is 0 Å². The van der Waals surface area contributed by atoms with E-state index in [0.29, 0.717) is 11.2 Å². The molecule has 4 aliphatic heterocycles. The van der Waals surface area contributed by atoms with Crippen LogP contribution in [0.1, 0.15) is 5.82 Å². The molecule has 18 nitrogen and oxygen atoms in total. The molecule has 6 rings (SSSR count). The first-order valence-electron chi connectivity index (χ1n) is 11.4. The third kappa shape index (κ3) is 5.34. The van der Waals surface area contributed by atoms with Crippen LogP contribution in [0.4, 0.5) is 4.39 Å². The number of amides is 1. The highest BCUT2D eigenvalue weighted by atomic mass is 32.7. The molecule has 2 aromatic heterocycles. The number of fused-ring (bicyclic) bond motifs is 6. The van der Waals surface area contributed by atoms with E-state index in [9.17, 15) is 14.3 Å². The van der Waals surface area contributed by atoms with E-state index >= 15 is 4.39 Å². The van der Waals surface area contributed by atoms with Crippen LogP contribution < -0.4 is 5.32 Å². The van der Waals surface area contributed by atoms with Crippen molar-refractivity contribution < 1.29 is 41.5 Å². The van der Waals surface area contributed by atoms with E-state index in [-0.39, 0.29) is 24.8 Å². The average molecular weight is 636 g/mol. The third-order valence-electron chi connectivity index (χ3n) is 6.04. The van der Waals surface area contributed by atoms with Gasteiger partial charge >= 0.3 is 13.5 Å². The number of hydrogen-bond donors (Lipinski definition) is 4. The summed E-state index contributed by atoms with van der Waals surface area (Å²) in [5.41, 5.74) is 0.793. The molecule has 23 heteroatoms. The number of guanidine groups is 1. The first kappa shape index (κ1) is 27.8. The monoisotopic (exact) mass is 636 g/mol. The lowest BCUT2D eigenvalue weighted by atomic mass is 10.1. The Kier molecular flexibility index (Phi) is 7.31. The van der Waals surface area contributed by atoms with Gasteiger partial charge in [0, 0.05) is 6.54 Å². The Labute approximate surface area is 233 Å². The number of amidine groups is 1. The van der Waals surface area contributed by atoms with E-state index in [4.69, 9.17) is 40.0 Å². The van der Waals surface area contributed by atoms with Gasteiger partial charge in [0.2, 0.25) is 12.0 Å². The molecule has 0 saturated carbocycles. The molecule has 214 valence electrons. The molecule has 0 aliphatic carbocycles. The lowest BCUT2D eigenvalue weighted by Crippen LogP contribution is -2.52. The minimum absolute atomic E-state index is 0.0917. The summed E-state index contributed by atoms with van der Waals surface area (Å²) in [5, 5.41) is 18.5. The number of ether oxygens (including phenoxy) is 1. The van der Waals surface area contributed by atoms with Crippen molar-refractivity contribution in [3.63, 3.8) is 0 Å². The molecule has 3 N–H and O–H groups in total. The smallest absolute Gasteiger partial charge is 0.345 e. The Morgan fingerprint density at radius 3 is 2.98 bits per heavy atom. The molecule has 0 radical (unpaired) electrons. The van der Waals surface area contributed by atoms with Crippen molar-refractivity contribution >= 4 is 66.4 Å². The summed E-state index contributed by atoms with van der Waals surface area (Å²) in [5.74, 6) is -1.10. The lowest BCUT2D eigenvalue weighted by molar-refractivity contribution is -0.119. The van der Waals surface area contributed by atoms with Gasteiger partial charge in [-0.15, -0.1) is 5.11 Å². The van der Waals surface area contributed by atoms with Crippen molar-refractivity contribution in [2.24, 2.45) is 15.3 Å². The summed E-state index contributed by atoms with van der Waals surface area (Å²) in [7, 11) is 0. The number of aromatic nitrogens is 4. The maximum absolute atomic E-state index is 15.8. The number of rotatable bonds is 1. The van der Waals surface area contributed by atoms with E-state index < -0.39 is 69.2 Å². The maximum Gasteiger partial charge on any atom is 0.387 e. The van der Waals surface area contributed by atoms with Crippen LogP contribution in [-0.4, -0.2) is 91.0 Å². The van der Waals surface area contributed by atoms with Gasteiger partial charge < -0.3 is 23.2 Å². The summed E-state index contributed by atoms with van der Waals surface area (Å²) >= 11 is 9.09. The number of alkyl halides is 1. The predicted molar refractivity (Wildman–Crippen MR) is 137 cm³/mol. The summed E-state index contributed by atoms with van der Waals surface area (Å²) in [4.78, 5) is 39.2. The molecule has 2 aromatic rings. The number of halogens is 1. The summed E-state index contributed by atoms with van der Waals surface area (Å²) < 4.78 is 58.1. The second-order valence-electron chi connectivity index (χ2n) is 8.59. The van der Waals surface area contributed by atoms with Crippen molar-refractivity contribution in [1.82, 2.24) is 29.8 Å². The molecule has 4 aliphatic rings. The summed E-state index contributed by atoms with van der Waals surface area (Å²) in [6.07, 6.45) is -3.94. The fourth-order valence-corrected chi connectivity index (χ4v) is 6.80. The number of carbonyl (C=O) groups is 1. The molecule has 40 heavy (non-hydrogen) atoms. The van der Waals surface area contributed by atoms with Crippen LogP contribution in [0.15, 0.2) is 27.9 Å². The maximum atomic E-state index is 15.8. The minimum atomic E-state index is -4.33. The molecular weight excluding hydrogens is 617 g/mol. The fraction of sp³-hybridized carbons (Fsp3) is 0.529. The molecular formula is C17H19FN10O8P2S2. The van der Waals surface area contributed by atoms with Gasteiger partial charge in [0.05, 0.1) is 19.4 Å². The van der Waals surface area contributed by atoms with Gasteiger partial charge in [-0.25, -0.2) is 23.9 Å². The van der Waals surface area contributed by atoms with Crippen molar-refractivity contribution in [3.05, 3.63) is 18.3 Å². The predicted octanol–water partition coefficient (Wildman–Crippen LogP) is 0.607. The number of nitrogens with zero attached hydrogens (tertiary/aromatic N) is 8. The van der Waals surface area contributed by atoms with Gasteiger partial charge in [-0.1, -0.05) is 17.5 Å². The molecule has 0 spiro atoms. The van der Waals surface area contributed by atoms with Gasteiger partial charge in [-0.05, 0) is 11.8 Å². The van der Waals surface area contributed by atoms with Crippen LogP contribution in [-0.2, 0) is 57.1 Å². The lowest BCUT2D eigenvalue weighted by Gasteiger charge is -2.29. The minimum Gasteiger partial charge on any atom is -0.345 e. The molecule has 1 saturated heterocycles. The number of aliphatic imine (C=N–C) groups is 1. The summed E-state index contributed by atoms with van der Waals surface area (Å²) in [6.45, 7) is -9.26. The van der Waals surface area contributed by atoms with Crippen LogP contribution in [0, 0.1) is 5.41 Å². The van der Waals surface area contributed by atoms with Gasteiger partial charge in [0.1, 0.15) is 36.5 Å². The molecule has 1 amide bonds. The van der Waals surface area contributed by atoms with E-state index in [1.54, 1.807) is 4.57 Å². The zero-order chi connectivity index (χ0) is 28.2. The van der Waals surface area contributed by atoms with E-state index in [2.05, 4.69) is 47.8 Å². The number of nitrogens with one attached hydrogen (secondary N) is 2. The van der Waals surface area contributed by atoms with E-state index in [0.717, 1.165) is 5.01 Å². The fourth-order valence-electron chi connectivity index (χ4n) is 4.30. The van der Waals surface area contributed by atoms with Gasteiger partial charge in [0.15, 0.2) is 23.9 Å². The second-order valence-corrected chi connectivity index (χ2v) is 14.3. The first-order valence-corrected chi connectivity index (χ1v) is 16.7. The molecule has 0 aromatic carbocycles. The van der Waals surface area contributed by atoms with Crippen molar-refractivity contribution in [1.29, 1.82) is 5.41 Å². The van der Waals surface area contributed by atoms with Crippen LogP contribution in [0.25, 0.3) is 11.2 Å². The second kappa shape index (κ2) is 10.5. The Balaban J connectivity index is 1.33. The Bertz CT molecular complexity index is 1540. The topological polar surface area (TPSA) is 220 Å². The Hall–Kier alpha value is -2.32. The standard InChI is InChI=1S/C17H19FN10O8P2S2/c18-10-8-4-33-37(30,39)32-2-1-27-9(22-7-3-20-6-21-13(7)27)5-34-38(31,40)36-12(10)16(35-8)28-14-11(25-26-28)15(29)24-17(19)23-14/h3,6,8,10-12,16H,1-2,4-5H2,(H,30,39)(H,31,40)(H2,19,24,29)/t8-,10-,11?,12-,16+,37?,38?/m1/s1. The van der Waals surface area contributed by atoms with Crippen LogP contribution >= 0.6 is 25.8 Å². The third-order valence-corrected chi connectivity index (χ3v) is 9.25. The molecule has 3 unspecified atom stereocenters. The first-order chi connectivity index (χ1) is 19.0. The average Bonchev–Trinajstić information content (AvgIpc) is 3.55. The molecule has 6 heterocycles. The normalized spacial score (nSPS) is 36.9. The molecule has 1 fully saturated rings. The van der Waals surface area contributed by atoms with E-state index in [1.165, 1.54) is 12.5 Å².